The zero-order chi connectivity index (χ0) is 24.0. The number of carbonyl (C=O) groups is 3. The Morgan fingerprint density at radius 3 is 2.21 bits per heavy atom. The molecular weight excluding hydrogens is 480 g/mol. The molecule has 0 bridgehead atoms. The number of aryl methyl sites for hydroxylation is 1. The molecule has 9 heteroatoms. The number of imidazole rings is 1. The van der Waals surface area contributed by atoms with Gasteiger partial charge in [-0.05, 0) is 42.8 Å². The number of imide groups is 1. The zero-order valence-corrected chi connectivity index (χ0v) is 19.1. The van der Waals surface area contributed by atoms with E-state index in [0.717, 1.165) is 0 Å². The Kier molecular flexibility index (Phi) is 5.67. The highest BCUT2D eigenvalue weighted by Crippen LogP contribution is 2.30. The molecular formula is C25H16Cl2FN3O3. The van der Waals surface area contributed by atoms with Gasteiger partial charge in [0.05, 0.1) is 37.8 Å². The van der Waals surface area contributed by atoms with Gasteiger partial charge < -0.3 is 0 Å². The van der Waals surface area contributed by atoms with Crippen LogP contribution in [-0.2, 0) is 6.42 Å². The third-order valence-electron chi connectivity index (χ3n) is 5.73. The Bertz CT molecular complexity index is 1460. The van der Waals surface area contributed by atoms with Gasteiger partial charge in [-0.2, -0.15) is 0 Å². The van der Waals surface area contributed by atoms with E-state index in [9.17, 15) is 18.8 Å². The number of hydrogen-bond donors (Lipinski definition) is 0. The second kappa shape index (κ2) is 8.66. The summed E-state index contributed by atoms with van der Waals surface area (Å²) >= 11 is 12.3. The summed E-state index contributed by atoms with van der Waals surface area (Å²) in [5, 5.41) is 0.504. The predicted octanol–water partition coefficient (Wildman–Crippen LogP) is 5.40. The molecule has 0 spiro atoms. The van der Waals surface area contributed by atoms with Gasteiger partial charge in [0, 0.05) is 13.0 Å². The van der Waals surface area contributed by atoms with Crippen LogP contribution in [0, 0.1) is 5.82 Å². The normalized spacial score (nSPS) is 13.1. The van der Waals surface area contributed by atoms with E-state index < -0.39 is 11.7 Å². The molecule has 0 radical (unpaired) electrons. The molecule has 1 aliphatic rings. The fourth-order valence-electron chi connectivity index (χ4n) is 4.11. The quantitative estimate of drug-likeness (QED) is 0.347. The van der Waals surface area contributed by atoms with Crippen LogP contribution in [0.1, 0.15) is 43.3 Å². The number of hydrogen-bond acceptors (Lipinski definition) is 4. The lowest BCUT2D eigenvalue weighted by Gasteiger charge is -2.14. The van der Waals surface area contributed by atoms with E-state index in [1.54, 1.807) is 30.3 Å². The summed E-state index contributed by atoms with van der Waals surface area (Å²) in [4.78, 5) is 44.3. The van der Waals surface area contributed by atoms with Crippen LogP contribution in [0.25, 0.3) is 11.0 Å². The lowest BCUT2D eigenvalue weighted by atomic mass is 10.1. The fourth-order valence-corrected chi connectivity index (χ4v) is 4.43. The first kappa shape index (κ1) is 22.3. The first-order valence-electron chi connectivity index (χ1n) is 10.5. The lowest BCUT2D eigenvalue weighted by molar-refractivity contribution is 0.0651. The van der Waals surface area contributed by atoms with E-state index in [-0.39, 0.29) is 40.4 Å². The van der Waals surface area contributed by atoms with Gasteiger partial charge in [-0.3, -0.25) is 23.9 Å². The first-order chi connectivity index (χ1) is 16.4. The molecule has 34 heavy (non-hydrogen) atoms. The van der Waals surface area contributed by atoms with Gasteiger partial charge in [0.15, 0.2) is 0 Å². The van der Waals surface area contributed by atoms with Crippen molar-refractivity contribution in [3.63, 3.8) is 0 Å². The molecule has 0 saturated carbocycles. The van der Waals surface area contributed by atoms with Crippen LogP contribution in [0.2, 0.25) is 10.0 Å². The SMILES string of the molecule is O=C1c2ccccc2C(=O)N1CCCc1nc2cc(Cl)c(Cl)cc2n1C(=O)c1ccccc1F. The largest absolute Gasteiger partial charge is 0.274 e. The monoisotopic (exact) mass is 495 g/mol. The van der Waals surface area contributed by atoms with Crippen molar-refractivity contribution in [2.45, 2.75) is 12.8 Å². The van der Waals surface area contributed by atoms with Crippen molar-refractivity contribution in [2.24, 2.45) is 0 Å². The highest BCUT2D eigenvalue weighted by Gasteiger charge is 2.34. The highest BCUT2D eigenvalue weighted by molar-refractivity contribution is 6.42. The molecule has 6 nitrogen and oxygen atoms in total. The minimum Gasteiger partial charge on any atom is -0.274 e. The van der Waals surface area contributed by atoms with Crippen LogP contribution >= 0.6 is 23.2 Å². The number of carbonyl (C=O) groups excluding carboxylic acids is 3. The van der Waals surface area contributed by atoms with E-state index in [4.69, 9.17) is 23.2 Å². The van der Waals surface area contributed by atoms with E-state index >= 15 is 0 Å². The molecule has 5 rings (SSSR count). The maximum atomic E-state index is 14.4. The van der Waals surface area contributed by atoms with Crippen molar-refractivity contribution in [1.82, 2.24) is 14.5 Å². The van der Waals surface area contributed by atoms with Gasteiger partial charge in [-0.15, -0.1) is 0 Å². The van der Waals surface area contributed by atoms with Gasteiger partial charge in [0.25, 0.3) is 17.7 Å². The van der Waals surface area contributed by atoms with Crippen LogP contribution in [0.4, 0.5) is 4.39 Å². The minimum atomic E-state index is -0.661. The molecule has 1 aliphatic heterocycles. The third-order valence-corrected chi connectivity index (χ3v) is 6.46. The summed E-state index contributed by atoms with van der Waals surface area (Å²) in [5.41, 5.74) is 1.44. The summed E-state index contributed by atoms with van der Waals surface area (Å²) in [5.74, 6) is -1.62. The molecule has 0 saturated heterocycles. The molecule has 0 atom stereocenters. The molecule has 3 aromatic carbocycles. The van der Waals surface area contributed by atoms with Crippen LogP contribution in [0.3, 0.4) is 0 Å². The number of rotatable bonds is 5. The molecule has 1 aromatic heterocycles. The maximum absolute atomic E-state index is 14.4. The molecule has 2 amide bonds. The summed E-state index contributed by atoms with van der Waals surface area (Å²) in [6, 6.07) is 15.4. The third kappa shape index (κ3) is 3.67. The molecule has 0 aliphatic carbocycles. The van der Waals surface area contributed by atoms with Crippen molar-refractivity contribution in [1.29, 1.82) is 0 Å². The molecule has 2 heterocycles. The first-order valence-corrected chi connectivity index (χ1v) is 11.2. The Labute approximate surface area is 203 Å². The molecule has 0 unspecified atom stereocenters. The standard InChI is InChI=1S/C25H16Cl2FN3O3/c26-17-12-20-21(13-18(17)27)31(25(34)16-8-3-4-9-19(16)28)22(29-20)10-5-11-30-23(32)14-6-1-2-7-15(14)24(30)33/h1-4,6-9,12-13H,5,10-11H2. The number of halogens is 3. The van der Waals surface area contributed by atoms with Crippen molar-refractivity contribution in [3.8, 4) is 0 Å². The predicted molar refractivity (Wildman–Crippen MR) is 126 cm³/mol. The zero-order valence-electron chi connectivity index (χ0n) is 17.6. The summed E-state index contributed by atoms with van der Waals surface area (Å²) in [6.07, 6.45) is 0.596. The fraction of sp³-hybridized carbons (Fsp3) is 0.120. The lowest BCUT2D eigenvalue weighted by Crippen LogP contribution is -2.31. The van der Waals surface area contributed by atoms with E-state index in [2.05, 4.69) is 4.98 Å². The average molecular weight is 496 g/mol. The average Bonchev–Trinajstić information content (AvgIpc) is 3.29. The molecule has 4 aromatic rings. The van der Waals surface area contributed by atoms with Gasteiger partial charge in [0.1, 0.15) is 11.6 Å². The topological polar surface area (TPSA) is 72.3 Å². The van der Waals surface area contributed by atoms with Crippen molar-refractivity contribution < 1.29 is 18.8 Å². The smallest absolute Gasteiger partial charge is 0.266 e. The Balaban J connectivity index is 1.46. The summed E-state index contributed by atoms with van der Waals surface area (Å²) in [6.45, 7) is 0.144. The number of amides is 2. The van der Waals surface area contributed by atoms with Crippen LogP contribution < -0.4 is 0 Å². The Morgan fingerprint density at radius 1 is 0.912 bits per heavy atom. The second-order valence-electron chi connectivity index (χ2n) is 7.81. The van der Waals surface area contributed by atoms with Gasteiger partial charge in [-0.25, -0.2) is 9.37 Å². The van der Waals surface area contributed by atoms with E-state index in [1.165, 1.54) is 39.8 Å². The highest BCUT2D eigenvalue weighted by atomic mass is 35.5. The second-order valence-corrected chi connectivity index (χ2v) is 8.63. The van der Waals surface area contributed by atoms with E-state index in [0.29, 0.717) is 34.4 Å². The Morgan fingerprint density at radius 2 is 1.53 bits per heavy atom. The molecule has 0 fully saturated rings. The molecule has 0 N–H and O–H groups in total. The summed E-state index contributed by atoms with van der Waals surface area (Å²) in [7, 11) is 0. The van der Waals surface area contributed by atoms with Crippen molar-refractivity contribution in [2.75, 3.05) is 6.54 Å². The van der Waals surface area contributed by atoms with Crippen molar-refractivity contribution >= 4 is 52.0 Å². The molecule has 170 valence electrons. The minimum absolute atomic E-state index is 0.116. The number of nitrogens with zero attached hydrogens (tertiary/aromatic N) is 3. The summed E-state index contributed by atoms with van der Waals surface area (Å²) < 4.78 is 15.7. The van der Waals surface area contributed by atoms with Crippen molar-refractivity contribution in [3.05, 3.63) is 99.0 Å². The number of fused-ring (bicyclic) bond motifs is 2. The van der Waals surface area contributed by atoms with Gasteiger partial charge in [0.2, 0.25) is 0 Å². The number of aromatic nitrogens is 2. The van der Waals surface area contributed by atoms with Crippen LogP contribution in [0.5, 0.6) is 0 Å². The van der Waals surface area contributed by atoms with Gasteiger partial charge in [-0.1, -0.05) is 47.5 Å². The van der Waals surface area contributed by atoms with E-state index in [1.807, 2.05) is 0 Å². The Hall–Kier alpha value is -3.55. The number of benzene rings is 3. The maximum Gasteiger partial charge on any atom is 0.266 e. The van der Waals surface area contributed by atoms with Crippen LogP contribution in [-0.4, -0.2) is 38.7 Å². The van der Waals surface area contributed by atoms with Gasteiger partial charge >= 0.3 is 0 Å². The van der Waals surface area contributed by atoms with Crippen LogP contribution in [0.15, 0.2) is 60.7 Å².